The molecule has 35 heavy (non-hydrogen) atoms. The number of fused-ring (bicyclic) bond motifs is 1. The molecule has 4 N–H and O–H groups in total. The minimum atomic E-state index is -0.516. The molecule has 0 fully saturated rings. The second-order valence-electron chi connectivity index (χ2n) is 7.92. The van der Waals surface area contributed by atoms with Crippen LogP contribution in [0.1, 0.15) is 17.3 Å². The molecular formula is C26H22N6O2S. The van der Waals surface area contributed by atoms with Crippen LogP contribution in [0.5, 0.6) is 0 Å². The molecule has 1 atom stereocenters. The summed E-state index contributed by atoms with van der Waals surface area (Å²) in [5.74, 6) is -0.0260. The molecule has 8 nitrogen and oxygen atoms in total. The largest absolute Gasteiger partial charge is 0.366 e. The van der Waals surface area contributed by atoms with E-state index in [0.29, 0.717) is 22.2 Å². The number of amides is 2. The molecule has 0 aliphatic heterocycles. The summed E-state index contributed by atoms with van der Waals surface area (Å²) >= 11 is 1.32. The van der Waals surface area contributed by atoms with Crippen molar-refractivity contribution < 1.29 is 9.59 Å². The summed E-state index contributed by atoms with van der Waals surface area (Å²) in [5, 5.41) is 13.0. The van der Waals surface area contributed by atoms with Gasteiger partial charge in [-0.25, -0.2) is 0 Å². The molecule has 9 heteroatoms. The molecular weight excluding hydrogens is 460 g/mol. The van der Waals surface area contributed by atoms with Gasteiger partial charge in [-0.1, -0.05) is 48.2 Å². The highest BCUT2D eigenvalue weighted by Crippen LogP contribution is 2.33. The van der Waals surface area contributed by atoms with Crippen LogP contribution >= 0.6 is 11.8 Å². The molecule has 174 valence electrons. The van der Waals surface area contributed by atoms with E-state index in [0.717, 1.165) is 22.2 Å². The molecule has 2 amide bonds. The smallest absolute Gasteiger partial charge is 0.248 e. The summed E-state index contributed by atoms with van der Waals surface area (Å²) in [6, 6.07) is 24.3. The number of carbonyl (C=O) groups is 2. The highest BCUT2D eigenvalue weighted by atomic mass is 32.2. The number of nitrogens with two attached hydrogens (primary N) is 1. The van der Waals surface area contributed by atoms with E-state index in [2.05, 4.69) is 20.5 Å². The molecule has 0 aliphatic rings. The number of rotatable bonds is 7. The van der Waals surface area contributed by atoms with Crippen LogP contribution in [0, 0.1) is 0 Å². The number of nitrogens with one attached hydrogen (secondary N) is 2. The molecule has 5 rings (SSSR count). The van der Waals surface area contributed by atoms with Crippen molar-refractivity contribution >= 4 is 40.2 Å². The fraction of sp³-hybridized carbons (Fsp3) is 0.0769. The first-order chi connectivity index (χ1) is 17.0. The van der Waals surface area contributed by atoms with Gasteiger partial charge in [-0.2, -0.15) is 0 Å². The number of hydrogen-bond donors (Lipinski definition) is 3. The van der Waals surface area contributed by atoms with Crippen LogP contribution in [0.3, 0.4) is 0 Å². The maximum atomic E-state index is 12.9. The topological polar surface area (TPSA) is 119 Å². The molecule has 0 aliphatic carbocycles. The number of carbonyl (C=O) groups excluding carboxylic acids is 2. The quantitative estimate of drug-likeness (QED) is 0.292. The number of para-hydroxylation sites is 2. The van der Waals surface area contributed by atoms with Crippen LogP contribution in [0.15, 0.2) is 90.2 Å². The van der Waals surface area contributed by atoms with Gasteiger partial charge in [0, 0.05) is 39.6 Å². The zero-order valence-corrected chi connectivity index (χ0v) is 19.6. The Balaban J connectivity index is 1.44. The van der Waals surface area contributed by atoms with Gasteiger partial charge in [-0.3, -0.25) is 14.2 Å². The van der Waals surface area contributed by atoms with Gasteiger partial charge in [0.05, 0.1) is 5.25 Å². The van der Waals surface area contributed by atoms with Crippen LogP contribution in [0.2, 0.25) is 0 Å². The van der Waals surface area contributed by atoms with Gasteiger partial charge in [0.2, 0.25) is 11.8 Å². The highest BCUT2D eigenvalue weighted by Gasteiger charge is 2.23. The van der Waals surface area contributed by atoms with Crippen molar-refractivity contribution in [3.05, 3.63) is 90.6 Å². The van der Waals surface area contributed by atoms with E-state index in [1.54, 1.807) is 24.3 Å². The van der Waals surface area contributed by atoms with E-state index in [4.69, 9.17) is 5.73 Å². The summed E-state index contributed by atoms with van der Waals surface area (Å²) in [6.07, 6.45) is 1.93. The molecule has 0 unspecified atom stereocenters. The number of nitrogens with zero attached hydrogens (tertiary/aromatic N) is 3. The Kier molecular flexibility index (Phi) is 6.07. The molecule has 0 spiro atoms. The number of thioether (sulfide) groups is 1. The van der Waals surface area contributed by atoms with Crippen molar-refractivity contribution in [3.8, 4) is 17.1 Å². The second-order valence-corrected chi connectivity index (χ2v) is 9.22. The lowest BCUT2D eigenvalue weighted by Crippen LogP contribution is -2.23. The van der Waals surface area contributed by atoms with E-state index in [1.165, 1.54) is 11.8 Å². The molecule has 3 aromatic carbocycles. The van der Waals surface area contributed by atoms with Crippen LogP contribution in [0.25, 0.3) is 28.0 Å². The zero-order chi connectivity index (χ0) is 24.4. The van der Waals surface area contributed by atoms with Gasteiger partial charge in [-0.15, -0.1) is 10.2 Å². The fourth-order valence-corrected chi connectivity index (χ4v) is 4.63. The molecule has 5 aromatic rings. The van der Waals surface area contributed by atoms with Crippen LogP contribution in [-0.4, -0.2) is 36.8 Å². The fourth-order valence-electron chi connectivity index (χ4n) is 3.76. The number of aromatic nitrogens is 4. The van der Waals surface area contributed by atoms with Crippen LogP contribution < -0.4 is 11.1 Å². The summed E-state index contributed by atoms with van der Waals surface area (Å²) < 4.78 is 1.96. The van der Waals surface area contributed by atoms with Gasteiger partial charge in [-0.05, 0) is 49.4 Å². The summed E-state index contributed by atoms with van der Waals surface area (Å²) in [4.78, 5) is 27.5. The van der Waals surface area contributed by atoms with Crippen molar-refractivity contribution in [2.24, 2.45) is 5.73 Å². The monoisotopic (exact) mass is 482 g/mol. The number of hydrogen-bond acceptors (Lipinski definition) is 5. The average molecular weight is 483 g/mol. The molecule has 0 saturated heterocycles. The number of benzene rings is 3. The third kappa shape index (κ3) is 4.53. The molecule has 2 aromatic heterocycles. The predicted octanol–water partition coefficient (Wildman–Crippen LogP) is 4.63. The van der Waals surface area contributed by atoms with Gasteiger partial charge >= 0.3 is 0 Å². The van der Waals surface area contributed by atoms with E-state index >= 15 is 0 Å². The minimum Gasteiger partial charge on any atom is -0.366 e. The molecule has 0 saturated carbocycles. The van der Waals surface area contributed by atoms with Gasteiger partial charge in [0.25, 0.3) is 0 Å². The SMILES string of the molecule is C[C@H](Sc1nnc(-c2c[nH]c3ccccc23)n1-c1ccccc1)C(=O)Nc1ccc(C(N)=O)cc1. The number of aromatic amines is 1. The Morgan fingerprint density at radius 3 is 2.43 bits per heavy atom. The Bertz CT molecular complexity index is 1510. The lowest BCUT2D eigenvalue weighted by atomic mass is 10.1. The first kappa shape index (κ1) is 22.4. The van der Waals surface area contributed by atoms with Crippen molar-refractivity contribution in [1.82, 2.24) is 19.7 Å². The summed E-state index contributed by atoms with van der Waals surface area (Å²) in [6.45, 7) is 1.81. The summed E-state index contributed by atoms with van der Waals surface area (Å²) in [5.41, 5.74) is 9.08. The Morgan fingerprint density at radius 2 is 1.69 bits per heavy atom. The van der Waals surface area contributed by atoms with E-state index < -0.39 is 11.2 Å². The Morgan fingerprint density at radius 1 is 0.971 bits per heavy atom. The lowest BCUT2D eigenvalue weighted by Gasteiger charge is -2.14. The van der Waals surface area contributed by atoms with Gasteiger partial charge in [0.15, 0.2) is 11.0 Å². The number of primary amides is 1. The molecule has 0 radical (unpaired) electrons. The third-order valence-electron chi connectivity index (χ3n) is 5.57. The van der Waals surface area contributed by atoms with Gasteiger partial charge < -0.3 is 16.0 Å². The lowest BCUT2D eigenvalue weighted by molar-refractivity contribution is -0.115. The Labute approximate surface area is 205 Å². The number of H-pyrrole nitrogens is 1. The maximum Gasteiger partial charge on any atom is 0.248 e. The van der Waals surface area contributed by atoms with Crippen molar-refractivity contribution in [3.63, 3.8) is 0 Å². The van der Waals surface area contributed by atoms with Crippen LogP contribution in [0.4, 0.5) is 5.69 Å². The second kappa shape index (κ2) is 9.47. The third-order valence-corrected chi connectivity index (χ3v) is 6.61. The van der Waals surface area contributed by atoms with Crippen molar-refractivity contribution in [2.45, 2.75) is 17.3 Å². The highest BCUT2D eigenvalue weighted by molar-refractivity contribution is 8.00. The van der Waals surface area contributed by atoms with Crippen molar-refractivity contribution in [2.75, 3.05) is 5.32 Å². The van der Waals surface area contributed by atoms with E-state index in [-0.39, 0.29) is 5.91 Å². The number of anilines is 1. The standard InChI is InChI=1S/C26H22N6O2S/c1-16(25(34)29-18-13-11-17(12-14-18)23(27)33)35-26-31-30-24(32(26)19-7-3-2-4-8-19)21-15-28-22-10-6-5-9-20(21)22/h2-16,28H,1H3,(H2,27,33)(H,29,34)/t16-/m0/s1. The van der Waals surface area contributed by atoms with Crippen molar-refractivity contribution in [1.29, 1.82) is 0 Å². The Hall–Kier alpha value is -4.37. The van der Waals surface area contributed by atoms with E-state index in [1.807, 2.05) is 72.3 Å². The summed E-state index contributed by atoms with van der Waals surface area (Å²) in [7, 11) is 0. The predicted molar refractivity (Wildman–Crippen MR) is 138 cm³/mol. The zero-order valence-electron chi connectivity index (χ0n) is 18.8. The maximum absolute atomic E-state index is 12.9. The first-order valence-electron chi connectivity index (χ1n) is 11.0. The molecule has 0 bridgehead atoms. The minimum absolute atomic E-state index is 0.196. The average Bonchev–Trinajstić information content (AvgIpc) is 3.48. The molecule has 2 heterocycles. The first-order valence-corrected chi connectivity index (χ1v) is 11.8. The van der Waals surface area contributed by atoms with Gasteiger partial charge in [0.1, 0.15) is 0 Å². The normalized spacial score (nSPS) is 11.9. The van der Waals surface area contributed by atoms with Crippen LogP contribution in [-0.2, 0) is 4.79 Å². The van der Waals surface area contributed by atoms with E-state index in [9.17, 15) is 9.59 Å².